The van der Waals surface area contributed by atoms with Gasteiger partial charge >= 0.3 is 0 Å². The third kappa shape index (κ3) is 3.65. The van der Waals surface area contributed by atoms with Gasteiger partial charge in [-0.05, 0) is 30.7 Å². The van der Waals surface area contributed by atoms with Gasteiger partial charge in [-0.15, -0.1) is 0 Å². The number of sulfone groups is 1. The number of rotatable bonds is 4. The van der Waals surface area contributed by atoms with Crippen LogP contribution in [0, 0.1) is 18.6 Å². The Morgan fingerprint density at radius 3 is 2.24 bits per heavy atom. The first-order valence-corrected chi connectivity index (χ1v) is 7.95. The van der Waals surface area contributed by atoms with Crippen molar-refractivity contribution < 1.29 is 17.2 Å². The molecule has 0 fully saturated rings. The predicted octanol–water partition coefficient (Wildman–Crippen LogP) is 2.75. The van der Waals surface area contributed by atoms with Crippen LogP contribution in [0.3, 0.4) is 0 Å². The lowest BCUT2D eigenvalue weighted by molar-refractivity contribution is 0.504. The number of aryl methyl sites for hydroxylation is 1. The van der Waals surface area contributed by atoms with Gasteiger partial charge in [0.05, 0.1) is 10.6 Å². The second-order valence-electron chi connectivity index (χ2n) is 4.87. The zero-order valence-electron chi connectivity index (χ0n) is 11.4. The molecule has 0 aliphatic heterocycles. The lowest BCUT2D eigenvalue weighted by atomic mass is 10.1. The van der Waals surface area contributed by atoms with E-state index in [1.165, 1.54) is 0 Å². The van der Waals surface area contributed by atoms with E-state index in [0.717, 1.165) is 17.7 Å². The molecule has 0 saturated heterocycles. The Morgan fingerprint density at radius 2 is 1.67 bits per heavy atom. The maximum absolute atomic E-state index is 13.1. The molecule has 0 aromatic heterocycles. The predicted molar refractivity (Wildman–Crippen MR) is 76.5 cm³/mol. The summed E-state index contributed by atoms with van der Waals surface area (Å²) in [5.74, 6) is -2.65. The molecular weight excluding hydrogens is 296 g/mol. The molecule has 2 aromatic carbocycles. The summed E-state index contributed by atoms with van der Waals surface area (Å²) >= 11 is 0. The van der Waals surface area contributed by atoms with E-state index in [0.29, 0.717) is 11.6 Å². The van der Waals surface area contributed by atoms with Crippen molar-refractivity contribution in [1.29, 1.82) is 0 Å². The standard InChI is InChI=1S/C15H15F2NO2S/c1-10-2-4-11(5-3-10)15(18)9-21(19,20)12-6-7-13(16)14(17)8-12/h2-8,15H,9,18H2,1H3. The van der Waals surface area contributed by atoms with Crippen LogP contribution >= 0.6 is 0 Å². The van der Waals surface area contributed by atoms with Gasteiger partial charge in [0.15, 0.2) is 21.5 Å². The van der Waals surface area contributed by atoms with Gasteiger partial charge in [0.1, 0.15) is 0 Å². The molecule has 21 heavy (non-hydrogen) atoms. The first kappa shape index (κ1) is 15.6. The van der Waals surface area contributed by atoms with Crippen LogP contribution in [0.4, 0.5) is 8.78 Å². The maximum Gasteiger partial charge on any atom is 0.180 e. The zero-order valence-corrected chi connectivity index (χ0v) is 12.2. The van der Waals surface area contributed by atoms with Crippen LogP contribution in [0.15, 0.2) is 47.4 Å². The molecule has 112 valence electrons. The summed E-state index contributed by atoms with van der Waals surface area (Å²) in [5, 5.41) is 0. The van der Waals surface area contributed by atoms with Crippen molar-refractivity contribution in [3.05, 3.63) is 65.2 Å². The van der Waals surface area contributed by atoms with Gasteiger partial charge in [0, 0.05) is 6.04 Å². The molecule has 0 aliphatic rings. The molecule has 0 spiro atoms. The summed E-state index contributed by atoms with van der Waals surface area (Å²) in [6.45, 7) is 1.91. The summed E-state index contributed by atoms with van der Waals surface area (Å²) in [4.78, 5) is -0.274. The Labute approximate surface area is 122 Å². The van der Waals surface area contributed by atoms with E-state index in [4.69, 9.17) is 5.73 Å². The molecule has 2 rings (SSSR count). The van der Waals surface area contributed by atoms with E-state index in [-0.39, 0.29) is 10.6 Å². The smallest absolute Gasteiger partial charge is 0.180 e. The van der Waals surface area contributed by atoms with Gasteiger partial charge in [-0.2, -0.15) is 0 Å². The summed E-state index contributed by atoms with van der Waals surface area (Å²) in [5.41, 5.74) is 7.60. The summed E-state index contributed by atoms with van der Waals surface area (Å²) in [6.07, 6.45) is 0. The van der Waals surface area contributed by atoms with Crippen LogP contribution in [-0.2, 0) is 9.84 Å². The largest absolute Gasteiger partial charge is 0.323 e. The first-order valence-electron chi connectivity index (χ1n) is 6.29. The first-order chi connectivity index (χ1) is 9.79. The summed E-state index contributed by atoms with van der Waals surface area (Å²) < 4.78 is 50.4. The topological polar surface area (TPSA) is 60.2 Å². The van der Waals surface area contributed by atoms with Gasteiger partial charge in [-0.1, -0.05) is 29.8 Å². The molecule has 0 saturated carbocycles. The minimum atomic E-state index is -3.79. The lowest BCUT2D eigenvalue weighted by Gasteiger charge is -2.13. The van der Waals surface area contributed by atoms with E-state index in [1.807, 2.05) is 19.1 Å². The van der Waals surface area contributed by atoms with Crippen molar-refractivity contribution in [2.45, 2.75) is 17.9 Å². The number of nitrogens with two attached hydrogens (primary N) is 1. The molecule has 0 aliphatic carbocycles. The quantitative estimate of drug-likeness (QED) is 0.883. The minimum Gasteiger partial charge on any atom is -0.323 e. The number of halogens is 2. The molecule has 0 bridgehead atoms. The van der Waals surface area contributed by atoms with Crippen LogP contribution in [0.1, 0.15) is 17.2 Å². The van der Waals surface area contributed by atoms with Gasteiger partial charge in [-0.3, -0.25) is 0 Å². The molecular formula is C15H15F2NO2S. The van der Waals surface area contributed by atoms with Crippen molar-refractivity contribution in [1.82, 2.24) is 0 Å². The molecule has 6 heteroatoms. The fourth-order valence-corrected chi connectivity index (χ4v) is 3.33. The second kappa shape index (κ2) is 5.91. The highest BCUT2D eigenvalue weighted by atomic mass is 32.2. The Kier molecular flexibility index (Phi) is 4.39. The van der Waals surface area contributed by atoms with Crippen molar-refractivity contribution in [2.75, 3.05) is 5.75 Å². The van der Waals surface area contributed by atoms with Gasteiger partial charge in [-0.25, -0.2) is 17.2 Å². The SMILES string of the molecule is Cc1ccc(C(N)CS(=O)(=O)c2ccc(F)c(F)c2)cc1. The molecule has 1 atom stereocenters. The van der Waals surface area contributed by atoms with Gasteiger partial charge < -0.3 is 5.73 Å². The number of benzene rings is 2. The fourth-order valence-electron chi connectivity index (χ4n) is 1.91. The van der Waals surface area contributed by atoms with Crippen molar-refractivity contribution >= 4 is 9.84 Å². The Hall–Kier alpha value is -1.79. The molecule has 3 nitrogen and oxygen atoms in total. The average molecular weight is 311 g/mol. The average Bonchev–Trinajstić information content (AvgIpc) is 2.42. The van der Waals surface area contributed by atoms with Gasteiger partial charge in [0.2, 0.25) is 0 Å². The van der Waals surface area contributed by atoms with Crippen molar-refractivity contribution in [2.24, 2.45) is 5.73 Å². The lowest BCUT2D eigenvalue weighted by Crippen LogP contribution is -2.22. The molecule has 2 aromatic rings. The van der Waals surface area contributed by atoms with E-state index < -0.39 is 27.5 Å². The van der Waals surface area contributed by atoms with Crippen LogP contribution in [0.2, 0.25) is 0 Å². The number of hydrogen-bond acceptors (Lipinski definition) is 3. The Bertz CT molecular complexity index is 743. The highest BCUT2D eigenvalue weighted by molar-refractivity contribution is 7.91. The molecule has 0 amide bonds. The van der Waals surface area contributed by atoms with E-state index >= 15 is 0 Å². The highest BCUT2D eigenvalue weighted by Gasteiger charge is 2.21. The summed E-state index contributed by atoms with van der Waals surface area (Å²) in [6, 6.07) is 8.94. The molecule has 0 radical (unpaired) electrons. The Morgan fingerprint density at radius 1 is 1.05 bits per heavy atom. The van der Waals surface area contributed by atoms with Crippen LogP contribution in [0.5, 0.6) is 0 Å². The van der Waals surface area contributed by atoms with Crippen LogP contribution in [0.25, 0.3) is 0 Å². The molecule has 0 heterocycles. The number of hydrogen-bond donors (Lipinski definition) is 1. The highest BCUT2D eigenvalue weighted by Crippen LogP contribution is 2.20. The van der Waals surface area contributed by atoms with E-state index in [9.17, 15) is 17.2 Å². The zero-order chi connectivity index (χ0) is 15.6. The molecule has 2 N–H and O–H groups in total. The van der Waals surface area contributed by atoms with E-state index in [1.54, 1.807) is 12.1 Å². The summed E-state index contributed by atoms with van der Waals surface area (Å²) in [7, 11) is -3.79. The normalized spacial score (nSPS) is 13.1. The van der Waals surface area contributed by atoms with E-state index in [2.05, 4.69) is 0 Å². The Balaban J connectivity index is 2.24. The minimum absolute atomic E-state index is 0.274. The maximum atomic E-state index is 13.1. The van der Waals surface area contributed by atoms with Crippen LogP contribution < -0.4 is 5.73 Å². The van der Waals surface area contributed by atoms with Crippen LogP contribution in [-0.4, -0.2) is 14.2 Å². The third-order valence-corrected chi connectivity index (χ3v) is 4.92. The van der Waals surface area contributed by atoms with Crippen molar-refractivity contribution in [3.63, 3.8) is 0 Å². The fraction of sp³-hybridized carbons (Fsp3) is 0.200. The van der Waals surface area contributed by atoms with Crippen molar-refractivity contribution in [3.8, 4) is 0 Å². The molecule has 1 unspecified atom stereocenters. The third-order valence-electron chi connectivity index (χ3n) is 3.15. The van der Waals surface area contributed by atoms with Gasteiger partial charge in [0.25, 0.3) is 0 Å². The monoisotopic (exact) mass is 311 g/mol. The second-order valence-corrected chi connectivity index (χ2v) is 6.91.